The Morgan fingerprint density at radius 1 is 1.44 bits per heavy atom. The summed E-state index contributed by atoms with van der Waals surface area (Å²) in [5.41, 5.74) is 0.570. The molecule has 2 rings (SSSR count). The molecule has 0 bridgehead atoms. The van der Waals surface area contributed by atoms with Gasteiger partial charge < -0.3 is 9.73 Å². The van der Waals surface area contributed by atoms with Crippen LogP contribution in [0.4, 0.5) is 4.39 Å². The van der Waals surface area contributed by atoms with Crippen LogP contribution in [-0.4, -0.2) is 17.2 Å². The molecule has 18 heavy (non-hydrogen) atoms. The minimum atomic E-state index is -0.354. The van der Waals surface area contributed by atoms with Gasteiger partial charge in [-0.1, -0.05) is 6.92 Å². The topological polar surface area (TPSA) is 51.0 Å². The Labute approximate surface area is 113 Å². The predicted octanol–water partition coefficient (Wildman–Crippen LogP) is 3.31. The molecule has 0 fully saturated rings. The highest BCUT2D eigenvalue weighted by Crippen LogP contribution is 2.25. The molecule has 1 aromatic heterocycles. The smallest absolute Gasteiger partial charge is 0.247 e. The van der Waals surface area contributed by atoms with Crippen molar-refractivity contribution in [2.24, 2.45) is 0 Å². The van der Waals surface area contributed by atoms with Crippen LogP contribution in [0.25, 0.3) is 11.5 Å². The number of nitrogens with one attached hydrogen (secondary N) is 1. The van der Waals surface area contributed by atoms with Crippen molar-refractivity contribution in [3.05, 3.63) is 34.4 Å². The van der Waals surface area contributed by atoms with Crippen molar-refractivity contribution < 1.29 is 8.81 Å². The maximum absolute atomic E-state index is 13.4. The molecule has 1 heterocycles. The summed E-state index contributed by atoms with van der Waals surface area (Å²) < 4.78 is 19.4. The third-order valence-electron chi connectivity index (χ3n) is 2.66. The Morgan fingerprint density at radius 3 is 2.83 bits per heavy atom. The maximum atomic E-state index is 13.4. The van der Waals surface area contributed by atoms with Crippen molar-refractivity contribution in [3.63, 3.8) is 0 Å². The normalized spacial score (nSPS) is 12.7. The van der Waals surface area contributed by atoms with E-state index in [2.05, 4.69) is 31.4 Å². The molecule has 2 aromatic rings. The van der Waals surface area contributed by atoms with Crippen molar-refractivity contribution in [2.45, 2.75) is 19.4 Å². The lowest BCUT2D eigenvalue weighted by Gasteiger charge is -2.07. The highest BCUT2D eigenvalue weighted by Gasteiger charge is 2.16. The standard InChI is InChI=1S/C12H13BrFN3O/c1-3-10(15-2)12-17-16-11(18-12)7-4-5-8(13)9(14)6-7/h4-6,10,15H,3H2,1-2H3. The van der Waals surface area contributed by atoms with Gasteiger partial charge in [0.2, 0.25) is 11.8 Å². The summed E-state index contributed by atoms with van der Waals surface area (Å²) >= 11 is 3.10. The molecule has 0 aliphatic heterocycles. The van der Waals surface area contributed by atoms with Gasteiger partial charge in [0, 0.05) is 5.56 Å². The van der Waals surface area contributed by atoms with Gasteiger partial charge in [0.25, 0.3) is 0 Å². The lowest BCUT2D eigenvalue weighted by molar-refractivity contribution is 0.415. The first-order valence-electron chi connectivity index (χ1n) is 5.61. The molecule has 1 N–H and O–H groups in total. The summed E-state index contributed by atoms with van der Waals surface area (Å²) in [6.45, 7) is 2.02. The molecule has 96 valence electrons. The molecule has 4 nitrogen and oxygen atoms in total. The van der Waals surface area contributed by atoms with E-state index >= 15 is 0 Å². The highest BCUT2D eigenvalue weighted by atomic mass is 79.9. The van der Waals surface area contributed by atoms with Crippen LogP contribution in [0, 0.1) is 5.82 Å². The molecule has 0 radical (unpaired) electrons. The Bertz CT molecular complexity index is 540. The van der Waals surface area contributed by atoms with Crippen LogP contribution in [0.15, 0.2) is 27.1 Å². The van der Waals surface area contributed by atoms with E-state index < -0.39 is 0 Å². The van der Waals surface area contributed by atoms with E-state index in [1.54, 1.807) is 12.1 Å². The van der Waals surface area contributed by atoms with Gasteiger partial charge >= 0.3 is 0 Å². The second kappa shape index (κ2) is 5.58. The third-order valence-corrected chi connectivity index (χ3v) is 3.31. The minimum Gasteiger partial charge on any atom is -0.419 e. The van der Waals surface area contributed by atoms with Crippen LogP contribution < -0.4 is 5.32 Å². The van der Waals surface area contributed by atoms with Crippen LogP contribution in [-0.2, 0) is 0 Å². The second-order valence-corrected chi connectivity index (χ2v) is 4.68. The van der Waals surface area contributed by atoms with E-state index in [1.807, 2.05) is 14.0 Å². The van der Waals surface area contributed by atoms with Gasteiger partial charge in [0.05, 0.1) is 10.5 Å². The van der Waals surface area contributed by atoms with Gasteiger partial charge in [0.15, 0.2) is 0 Å². The Kier molecular flexibility index (Phi) is 4.08. The third kappa shape index (κ3) is 2.59. The van der Waals surface area contributed by atoms with Gasteiger partial charge in [-0.05, 0) is 47.6 Å². The number of nitrogens with zero attached hydrogens (tertiary/aromatic N) is 2. The number of halogens is 2. The van der Waals surface area contributed by atoms with Crippen LogP contribution in [0.3, 0.4) is 0 Å². The molecule has 0 amide bonds. The fraction of sp³-hybridized carbons (Fsp3) is 0.333. The largest absolute Gasteiger partial charge is 0.419 e. The number of benzene rings is 1. The minimum absolute atomic E-state index is 0.0199. The van der Waals surface area contributed by atoms with Crippen LogP contribution in [0.5, 0.6) is 0 Å². The Balaban J connectivity index is 2.31. The van der Waals surface area contributed by atoms with E-state index in [9.17, 15) is 4.39 Å². The first kappa shape index (κ1) is 13.2. The molecule has 6 heteroatoms. The van der Waals surface area contributed by atoms with Crippen LogP contribution in [0.1, 0.15) is 25.3 Å². The zero-order chi connectivity index (χ0) is 13.1. The van der Waals surface area contributed by atoms with Gasteiger partial charge in [0.1, 0.15) is 5.82 Å². The summed E-state index contributed by atoms with van der Waals surface area (Å²) in [6, 6.07) is 4.72. The highest BCUT2D eigenvalue weighted by molar-refractivity contribution is 9.10. The first-order chi connectivity index (χ1) is 8.65. The van der Waals surface area contributed by atoms with E-state index in [-0.39, 0.29) is 11.9 Å². The fourth-order valence-corrected chi connectivity index (χ4v) is 1.87. The van der Waals surface area contributed by atoms with Crippen molar-refractivity contribution in [2.75, 3.05) is 7.05 Å². The van der Waals surface area contributed by atoms with E-state index in [0.717, 1.165) is 6.42 Å². The lowest BCUT2D eigenvalue weighted by Crippen LogP contribution is -2.15. The zero-order valence-corrected chi connectivity index (χ0v) is 11.7. The summed E-state index contributed by atoms with van der Waals surface area (Å²) in [5, 5.41) is 11.0. The fourth-order valence-electron chi connectivity index (χ4n) is 1.62. The average Bonchev–Trinajstić information content (AvgIpc) is 2.84. The van der Waals surface area contributed by atoms with Gasteiger partial charge in [-0.2, -0.15) is 0 Å². The van der Waals surface area contributed by atoms with Crippen LogP contribution in [0.2, 0.25) is 0 Å². The van der Waals surface area contributed by atoms with Gasteiger partial charge in [-0.3, -0.25) is 0 Å². The molecule has 0 spiro atoms. The summed E-state index contributed by atoms with van der Waals surface area (Å²) in [5.74, 6) is 0.483. The molecule has 0 aliphatic carbocycles. The number of hydrogen-bond acceptors (Lipinski definition) is 4. The van der Waals surface area contributed by atoms with E-state index in [0.29, 0.717) is 21.8 Å². The number of aromatic nitrogens is 2. The average molecular weight is 314 g/mol. The van der Waals surface area contributed by atoms with E-state index in [1.165, 1.54) is 6.07 Å². The monoisotopic (exact) mass is 313 g/mol. The van der Waals surface area contributed by atoms with Crippen LogP contribution >= 0.6 is 15.9 Å². The van der Waals surface area contributed by atoms with Gasteiger partial charge in [-0.15, -0.1) is 10.2 Å². The molecule has 0 saturated heterocycles. The van der Waals surface area contributed by atoms with E-state index in [4.69, 9.17) is 4.42 Å². The molecule has 0 saturated carbocycles. The van der Waals surface area contributed by atoms with Crippen molar-refractivity contribution in [3.8, 4) is 11.5 Å². The maximum Gasteiger partial charge on any atom is 0.247 e. The molecule has 1 aromatic carbocycles. The Hall–Kier alpha value is -1.27. The summed E-state index contributed by atoms with van der Waals surface area (Å²) in [4.78, 5) is 0. The molecule has 1 atom stereocenters. The first-order valence-corrected chi connectivity index (χ1v) is 6.41. The zero-order valence-electron chi connectivity index (χ0n) is 10.1. The predicted molar refractivity (Wildman–Crippen MR) is 69.5 cm³/mol. The number of rotatable bonds is 4. The molecular weight excluding hydrogens is 301 g/mol. The van der Waals surface area contributed by atoms with Crippen molar-refractivity contribution in [1.82, 2.24) is 15.5 Å². The SMILES string of the molecule is CCC(NC)c1nnc(-c2ccc(Br)c(F)c2)o1. The lowest BCUT2D eigenvalue weighted by atomic mass is 10.2. The second-order valence-electron chi connectivity index (χ2n) is 3.82. The molecular formula is C12H13BrFN3O. The Morgan fingerprint density at radius 2 is 2.22 bits per heavy atom. The molecule has 1 unspecified atom stereocenters. The van der Waals surface area contributed by atoms with Crippen molar-refractivity contribution in [1.29, 1.82) is 0 Å². The summed E-state index contributed by atoms with van der Waals surface area (Å²) in [6.07, 6.45) is 0.840. The molecule has 0 aliphatic rings. The quantitative estimate of drug-likeness (QED) is 0.941. The van der Waals surface area contributed by atoms with Crippen molar-refractivity contribution >= 4 is 15.9 Å². The summed E-state index contributed by atoms with van der Waals surface area (Å²) in [7, 11) is 1.83. The number of hydrogen-bond donors (Lipinski definition) is 1. The van der Waals surface area contributed by atoms with Gasteiger partial charge in [-0.25, -0.2) is 4.39 Å².